The first-order chi connectivity index (χ1) is 8.65. The van der Waals surface area contributed by atoms with Crippen molar-refractivity contribution in [2.45, 2.75) is 26.2 Å². The van der Waals surface area contributed by atoms with Crippen LogP contribution in [0.3, 0.4) is 0 Å². The first-order valence-electron chi connectivity index (χ1n) is 6.39. The fourth-order valence-electron chi connectivity index (χ4n) is 2.13. The molecular weight excluding hydrogens is 228 g/mol. The number of carbonyl (C=O) groups is 1. The van der Waals surface area contributed by atoms with E-state index in [4.69, 9.17) is 10.5 Å². The van der Waals surface area contributed by atoms with Gasteiger partial charge in [0, 0.05) is 31.0 Å². The number of rotatable bonds is 4. The molecule has 18 heavy (non-hydrogen) atoms. The third kappa shape index (κ3) is 3.47. The second kappa shape index (κ2) is 5.87. The van der Waals surface area contributed by atoms with E-state index in [0.29, 0.717) is 18.0 Å². The number of aryl methyl sites for hydroxylation is 1. The molecule has 0 bridgehead atoms. The molecule has 0 spiro atoms. The number of nitrogens with one attached hydrogen (secondary N) is 1. The highest BCUT2D eigenvalue weighted by molar-refractivity contribution is 5.92. The highest BCUT2D eigenvalue weighted by atomic mass is 16.5. The minimum absolute atomic E-state index is 0.0515. The number of anilines is 2. The molecule has 1 aliphatic heterocycles. The molecule has 0 radical (unpaired) electrons. The molecule has 1 aromatic carbocycles. The second-order valence-electron chi connectivity index (χ2n) is 4.89. The van der Waals surface area contributed by atoms with Crippen LogP contribution in [0.1, 0.15) is 24.8 Å². The maximum Gasteiger partial charge on any atom is 0.224 e. The van der Waals surface area contributed by atoms with Crippen molar-refractivity contribution in [1.29, 1.82) is 0 Å². The minimum atomic E-state index is 0.0515. The monoisotopic (exact) mass is 248 g/mol. The summed E-state index contributed by atoms with van der Waals surface area (Å²) in [6.07, 6.45) is 2.51. The molecule has 4 nitrogen and oxygen atoms in total. The van der Waals surface area contributed by atoms with E-state index in [1.54, 1.807) is 6.07 Å². The molecule has 1 heterocycles. The van der Waals surface area contributed by atoms with E-state index >= 15 is 0 Å². The molecule has 2 rings (SSSR count). The van der Waals surface area contributed by atoms with Gasteiger partial charge < -0.3 is 15.8 Å². The van der Waals surface area contributed by atoms with Crippen LogP contribution in [0, 0.1) is 12.8 Å². The highest BCUT2D eigenvalue weighted by Crippen LogP contribution is 2.20. The normalized spacial score (nSPS) is 18.8. The van der Waals surface area contributed by atoms with Gasteiger partial charge in [-0.1, -0.05) is 6.07 Å². The van der Waals surface area contributed by atoms with Gasteiger partial charge >= 0.3 is 0 Å². The maximum atomic E-state index is 11.8. The Bertz CT molecular complexity index is 426. The third-order valence-electron chi connectivity index (χ3n) is 3.34. The van der Waals surface area contributed by atoms with Gasteiger partial charge in [-0.2, -0.15) is 0 Å². The summed E-state index contributed by atoms with van der Waals surface area (Å²) in [6.45, 7) is 3.59. The van der Waals surface area contributed by atoms with Crippen LogP contribution in [-0.4, -0.2) is 19.1 Å². The Labute approximate surface area is 108 Å². The largest absolute Gasteiger partial charge is 0.399 e. The molecule has 1 fully saturated rings. The second-order valence-corrected chi connectivity index (χ2v) is 4.89. The minimum Gasteiger partial charge on any atom is -0.399 e. The summed E-state index contributed by atoms with van der Waals surface area (Å²) < 4.78 is 5.29. The molecule has 4 heteroatoms. The first-order valence-corrected chi connectivity index (χ1v) is 6.39. The van der Waals surface area contributed by atoms with Gasteiger partial charge in [0.25, 0.3) is 0 Å². The van der Waals surface area contributed by atoms with Crippen molar-refractivity contribution in [3.05, 3.63) is 23.8 Å². The van der Waals surface area contributed by atoms with Gasteiger partial charge in [-0.05, 0) is 43.4 Å². The summed E-state index contributed by atoms with van der Waals surface area (Å²) >= 11 is 0. The zero-order valence-electron chi connectivity index (χ0n) is 10.7. The molecule has 1 amide bonds. The van der Waals surface area contributed by atoms with E-state index in [0.717, 1.165) is 37.3 Å². The number of benzene rings is 1. The van der Waals surface area contributed by atoms with Crippen LogP contribution < -0.4 is 11.1 Å². The van der Waals surface area contributed by atoms with Crippen LogP contribution in [0.15, 0.2) is 18.2 Å². The Kier molecular flexibility index (Phi) is 4.20. The summed E-state index contributed by atoms with van der Waals surface area (Å²) in [6, 6.07) is 5.54. The summed E-state index contributed by atoms with van der Waals surface area (Å²) in [5.41, 5.74) is 8.21. The van der Waals surface area contributed by atoms with Crippen molar-refractivity contribution in [3.8, 4) is 0 Å². The highest BCUT2D eigenvalue weighted by Gasteiger charge is 2.16. The average molecular weight is 248 g/mol. The van der Waals surface area contributed by atoms with Crippen LogP contribution in [0.25, 0.3) is 0 Å². The number of nitrogens with two attached hydrogens (primary N) is 1. The average Bonchev–Trinajstić information content (AvgIpc) is 2.84. The zero-order chi connectivity index (χ0) is 13.0. The number of nitrogen functional groups attached to an aromatic ring is 1. The van der Waals surface area contributed by atoms with Crippen molar-refractivity contribution in [3.63, 3.8) is 0 Å². The number of hydrogen-bond donors (Lipinski definition) is 2. The molecule has 1 atom stereocenters. The number of hydrogen-bond acceptors (Lipinski definition) is 3. The molecule has 98 valence electrons. The van der Waals surface area contributed by atoms with Gasteiger partial charge in [-0.3, -0.25) is 4.79 Å². The van der Waals surface area contributed by atoms with E-state index < -0.39 is 0 Å². The summed E-state index contributed by atoms with van der Waals surface area (Å²) in [5.74, 6) is 0.591. The number of carbonyl (C=O) groups excluding carboxylic acids is 1. The Hall–Kier alpha value is -1.55. The molecule has 1 unspecified atom stereocenters. The van der Waals surface area contributed by atoms with Crippen molar-refractivity contribution in [2.75, 3.05) is 24.3 Å². The Balaban J connectivity index is 1.84. The Morgan fingerprint density at radius 1 is 1.56 bits per heavy atom. The quantitative estimate of drug-likeness (QED) is 0.804. The van der Waals surface area contributed by atoms with Gasteiger partial charge in [0.05, 0.1) is 0 Å². The Morgan fingerprint density at radius 3 is 3.11 bits per heavy atom. The lowest BCUT2D eigenvalue weighted by Gasteiger charge is -2.10. The van der Waals surface area contributed by atoms with Crippen LogP contribution in [-0.2, 0) is 9.53 Å². The lowest BCUT2D eigenvalue weighted by molar-refractivity contribution is -0.116. The predicted octanol–water partition coefficient (Wildman–Crippen LogP) is 2.33. The summed E-state index contributed by atoms with van der Waals surface area (Å²) in [5, 5.41) is 2.92. The van der Waals surface area contributed by atoms with E-state index in [2.05, 4.69) is 5.32 Å². The summed E-state index contributed by atoms with van der Waals surface area (Å²) in [4.78, 5) is 11.8. The van der Waals surface area contributed by atoms with Crippen molar-refractivity contribution >= 4 is 17.3 Å². The molecule has 0 aliphatic carbocycles. The number of ether oxygens (including phenoxy) is 1. The smallest absolute Gasteiger partial charge is 0.224 e. The topological polar surface area (TPSA) is 64.3 Å². The van der Waals surface area contributed by atoms with E-state index in [1.807, 2.05) is 19.1 Å². The predicted molar refractivity (Wildman–Crippen MR) is 72.4 cm³/mol. The summed E-state index contributed by atoms with van der Waals surface area (Å²) in [7, 11) is 0. The van der Waals surface area contributed by atoms with Crippen LogP contribution in [0.4, 0.5) is 11.4 Å². The SMILES string of the molecule is Cc1ccc(N)cc1NC(=O)CCC1CCOC1. The first kappa shape index (κ1) is 12.9. The van der Waals surface area contributed by atoms with E-state index in [1.165, 1.54) is 0 Å². The van der Waals surface area contributed by atoms with Gasteiger partial charge in [-0.25, -0.2) is 0 Å². The van der Waals surface area contributed by atoms with Gasteiger partial charge in [0.15, 0.2) is 0 Å². The maximum absolute atomic E-state index is 11.8. The van der Waals surface area contributed by atoms with Gasteiger partial charge in [-0.15, -0.1) is 0 Å². The lowest BCUT2D eigenvalue weighted by Crippen LogP contribution is -2.14. The van der Waals surface area contributed by atoms with Crippen molar-refractivity contribution < 1.29 is 9.53 Å². The lowest BCUT2D eigenvalue weighted by atomic mass is 10.0. The Morgan fingerprint density at radius 2 is 2.39 bits per heavy atom. The van der Waals surface area contributed by atoms with E-state index in [9.17, 15) is 4.79 Å². The standard InChI is InChI=1S/C14H20N2O2/c1-10-2-4-12(15)8-13(10)16-14(17)5-3-11-6-7-18-9-11/h2,4,8,11H,3,5-7,9,15H2,1H3,(H,16,17). The molecule has 1 aromatic rings. The number of amides is 1. The fourth-order valence-corrected chi connectivity index (χ4v) is 2.13. The van der Waals surface area contributed by atoms with Crippen molar-refractivity contribution in [1.82, 2.24) is 0 Å². The third-order valence-corrected chi connectivity index (χ3v) is 3.34. The molecule has 1 aliphatic rings. The molecule has 0 saturated carbocycles. The van der Waals surface area contributed by atoms with Crippen molar-refractivity contribution in [2.24, 2.45) is 5.92 Å². The van der Waals surface area contributed by atoms with Crippen LogP contribution >= 0.6 is 0 Å². The van der Waals surface area contributed by atoms with E-state index in [-0.39, 0.29) is 5.91 Å². The van der Waals surface area contributed by atoms with Crippen LogP contribution in [0.5, 0.6) is 0 Å². The fraction of sp³-hybridized carbons (Fsp3) is 0.500. The van der Waals surface area contributed by atoms with Crippen LogP contribution in [0.2, 0.25) is 0 Å². The molecular formula is C14H20N2O2. The van der Waals surface area contributed by atoms with Gasteiger partial charge in [0.1, 0.15) is 0 Å². The zero-order valence-corrected chi connectivity index (χ0v) is 10.7. The molecule has 3 N–H and O–H groups in total. The molecule has 0 aromatic heterocycles. The van der Waals surface area contributed by atoms with Gasteiger partial charge in [0.2, 0.25) is 5.91 Å². The molecule has 1 saturated heterocycles.